The lowest BCUT2D eigenvalue weighted by Crippen LogP contribution is -2.24. The highest BCUT2D eigenvalue weighted by molar-refractivity contribution is 8.05. The Morgan fingerprint density at radius 2 is 0.882 bits per heavy atom. The molecule has 0 saturated carbocycles. The van der Waals surface area contributed by atoms with Gasteiger partial charge in [-0.15, -0.1) is 0 Å². The standard InChI is InChI=1S/C69H44N4OS2/c1-69(2)48-25-9-13-31-58(48)74-67-49(69)35-37-56-64(67)45-23-7-11-27-51(45)71(56)43-21-16-20-42(40-43)70-50-26-10-6-22-44(50)63-55(70)36-34-47-62-53(72(66(47)63)41-18-4-3-5-19-41)29-17-30-54(62)73-52-28-12-8-24-46(52)65-57(73)38-39-61-68(65)76-60-33-15-14-32-59(60)75-61/h3-40H,1-2H3. The van der Waals surface area contributed by atoms with Crippen molar-refractivity contribution in [2.24, 2.45) is 0 Å². The molecule has 0 amide bonds. The lowest BCUT2D eigenvalue weighted by atomic mass is 9.75. The summed E-state index contributed by atoms with van der Waals surface area (Å²) in [5.41, 5.74) is 16.0. The summed E-state index contributed by atoms with van der Waals surface area (Å²) in [6.45, 7) is 4.63. The normalized spacial score (nSPS) is 13.8. The predicted molar refractivity (Wildman–Crippen MR) is 317 cm³/mol. The molecule has 11 aromatic carbocycles. The molecular formula is C69H44N4OS2. The molecule has 4 aromatic heterocycles. The van der Waals surface area contributed by atoms with Crippen LogP contribution in [0.2, 0.25) is 0 Å². The maximum atomic E-state index is 6.94. The van der Waals surface area contributed by atoms with Crippen LogP contribution in [0, 0.1) is 0 Å². The summed E-state index contributed by atoms with van der Waals surface area (Å²) in [4.78, 5) is 5.26. The minimum Gasteiger partial charge on any atom is -0.456 e. The summed E-state index contributed by atoms with van der Waals surface area (Å²) in [5, 5.41) is 9.74. The molecular weight excluding hydrogens is 965 g/mol. The van der Waals surface area contributed by atoms with Gasteiger partial charge in [0.25, 0.3) is 0 Å². The van der Waals surface area contributed by atoms with Crippen LogP contribution in [-0.4, -0.2) is 18.3 Å². The van der Waals surface area contributed by atoms with Gasteiger partial charge in [-0.05, 0) is 109 Å². The van der Waals surface area contributed by atoms with E-state index in [4.69, 9.17) is 4.74 Å². The van der Waals surface area contributed by atoms with E-state index in [9.17, 15) is 0 Å². The smallest absolute Gasteiger partial charge is 0.141 e. The highest BCUT2D eigenvalue weighted by atomic mass is 32.2. The maximum Gasteiger partial charge on any atom is 0.141 e. The van der Waals surface area contributed by atoms with Gasteiger partial charge in [0, 0.05) is 90.9 Å². The van der Waals surface area contributed by atoms with E-state index in [1.54, 1.807) is 0 Å². The van der Waals surface area contributed by atoms with E-state index < -0.39 is 0 Å². The fraction of sp³-hybridized carbons (Fsp3) is 0.0435. The number of nitrogens with zero attached hydrogens (tertiary/aromatic N) is 4. The van der Waals surface area contributed by atoms with E-state index in [-0.39, 0.29) is 5.41 Å². The van der Waals surface area contributed by atoms with Crippen molar-refractivity contribution in [2.45, 2.75) is 38.8 Å². The number of ether oxygens (including phenoxy) is 1. The van der Waals surface area contributed by atoms with E-state index in [2.05, 4.69) is 263 Å². The van der Waals surface area contributed by atoms with E-state index in [0.717, 1.165) is 61.5 Å². The summed E-state index contributed by atoms with van der Waals surface area (Å²) in [6, 6.07) is 85.0. The molecule has 0 aliphatic carbocycles. The first kappa shape index (κ1) is 42.5. The van der Waals surface area contributed by atoms with Crippen molar-refractivity contribution in [3.8, 4) is 34.2 Å². The third-order valence-corrected chi connectivity index (χ3v) is 19.0. The zero-order valence-corrected chi connectivity index (χ0v) is 43.1. The highest BCUT2D eigenvalue weighted by Crippen LogP contribution is 2.55. The summed E-state index contributed by atoms with van der Waals surface area (Å²) in [5.74, 6) is 1.86. The van der Waals surface area contributed by atoms with Gasteiger partial charge >= 0.3 is 0 Å². The molecule has 5 nitrogen and oxygen atoms in total. The Morgan fingerprint density at radius 1 is 0.342 bits per heavy atom. The minimum absolute atomic E-state index is 0.228. The summed E-state index contributed by atoms with van der Waals surface area (Å²) in [6.07, 6.45) is 0. The molecule has 2 aliphatic heterocycles. The average Bonchev–Trinajstić information content (AvgIpc) is 4.26. The molecule has 0 bridgehead atoms. The van der Waals surface area contributed by atoms with E-state index >= 15 is 0 Å². The number of benzene rings is 11. The van der Waals surface area contributed by atoms with Gasteiger partial charge in [-0.3, -0.25) is 0 Å². The van der Waals surface area contributed by atoms with Gasteiger partial charge in [0.1, 0.15) is 11.5 Å². The van der Waals surface area contributed by atoms with Crippen molar-refractivity contribution in [3.05, 3.63) is 242 Å². The van der Waals surface area contributed by atoms with Crippen molar-refractivity contribution in [3.63, 3.8) is 0 Å². The van der Waals surface area contributed by atoms with Crippen LogP contribution < -0.4 is 4.74 Å². The molecule has 0 unspecified atom stereocenters. The van der Waals surface area contributed by atoms with E-state index in [1.165, 1.54) is 90.6 Å². The number of para-hydroxylation sites is 5. The lowest BCUT2D eigenvalue weighted by molar-refractivity contribution is 0.423. The first-order valence-electron chi connectivity index (χ1n) is 26.0. The SMILES string of the molecule is CC1(C)c2ccccc2Oc2c1ccc1c2c2ccccc2n1-c1cccc(-n2c3ccccc3c3c2ccc2c4c(-n5c6ccccc6c6c7c(ccc65)Sc5ccccc5S7)cccc4n(-c4ccccc4)c23)c1. The van der Waals surface area contributed by atoms with Crippen LogP contribution in [0.3, 0.4) is 0 Å². The maximum absolute atomic E-state index is 6.94. The zero-order chi connectivity index (χ0) is 50.0. The Hall–Kier alpha value is -8.88. The van der Waals surface area contributed by atoms with Crippen molar-refractivity contribution < 1.29 is 4.74 Å². The summed E-state index contributed by atoms with van der Waals surface area (Å²) >= 11 is 3.78. The second-order valence-corrected chi connectivity index (χ2v) is 22.9. The van der Waals surface area contributed by atoms with Crippen LogP contribution in [0.4, 0.5) is 0 Å². The van der Waals surface area contributed by atoms with Gasteiger partial charge in [0.15, 0.2) is 0 Å². The summed E-state index contributed by atoms with van der Waals surface area (Å²) < 4.78 is 16.9. The van der Waals surface area contributed by atoms with E-state index in [1.807, 2.05) is 23.5 Å². The first-order chi connectivity index (χ1) is 37.5. The molecule has 0 N–H and O–H groups in total. The Balaban J connectivity index is 0.913. The van der Waals surface area contributed by atoms with Crippen molar-refractivity contribution in [2.75, 3.05) is 0 Å². The van der Waals surface area contributed by atoms with Gasteiger partial charge < -0.3 is 23.0 Å². The van der Waals surface area contributed by atoms with Gasteiger partial charge in [-0.2, -0.15) is 0 Å². The van der Waals surface area contributed by atoms with Crippen LogP contribution in [-0.2, 0) is 5.41 Å². The molecule has 6 heterocycles. The molecule has 0 saturated heterocycles. The fourth-order valence-corrected chi connectivity index (χ4v) is 15.6. The van der Waals surface area contributed by atoms with Crippen LogP contribution in [0.5, 0.6) is 11.5 Å². The van der Waals surface area contributed by atoms with Crippen molar-refractivity contribution in [1.82, 2.24) is 18.3 Å². The number of fused-ring (bicyclic) bond motifs is 19. The molecule has 0 spiro atoms. The van der Waals surface area contributed by atoms with Gasteiger partial charge in [0.2, 0.25) is 0 Å². The Kier molecular flexibility index (Phi) is 8.71. The number of hydrogen-bond acceptors (Lipinski definition) is 3. The monoisotopic (exact) mass is 1010 g/mol. The molecule has 0 fully saturated rings. The zero-order valence-electron chi connectivity index (χ0n) is 41.5. The van der Waals surface area contributed by atoms with Crippen LogP contribution in [0.15, 0.2) is 250 Å². The Morgan fingerprint density at radius 3 is 1.64 bits per heavy atom. The molecule has 2 aliphatic rings. The Labute approximate surface area is 445 Å². The molecule has 358 valence electrons. The quantitative estimate of drug-likeness (QED) is 0.176. The second kappa shape index (κ2) is 15.6. The summed E-state index contributed by atoms with van der Waals surface area (Å²) in [7, 11) is 0. The van der Waals surface area contributed by atoms with E-state index in [0.29, 0.717) is 0 Å². The number of rotatable bonds is 4. The third-order valence-electron chi connectivity index (χ3n) is 16.4. The first-order valence-corrected chi connectivity index (χ1v) is 27.6. The molecule has 7 heteroatoms. The average molecular weight is 1010 g/mol. The number of hydrogen-bond donors (Lipinski definition) is 0. The van der Waals surface area contributed by atoms with Crippen LogP contribution in [0.25, 0.3) is 110 Å². The molecule has 17 rings (SSSR count). The fourth-order valence-electron chi connectivity index (χ4n) is 13.2. The lowest BCUT2D eigenvalue weighted by Gasteiger charge is -2.34. The van der Waals surface area contributed by atoms with Crippen molar-refractivity contribution in [1.29, 1.82) is 0 Å². The largest absolute Gasteiger partial charge is 0.456 e. The van der Waals surface area contributed by atoms with Crippen molar-refractivity contribution >= 4 is 111 Å². The van der Waals surface area contributed by atoms with Gasteiger partial charge in [0.05, 0.1) is 55.2 Å². The van der Waals surface area contributed by atoms with Crippen LogP contribution in [0.1, 0.15) is 25.0 Å². The van der Waals surface area contributed by atoms with Gasteiger partial charge in [-0.25, -0.2) is 0 Å². The third kappa shape index (κ3) is 5.68. The Bertz CT molecular complexity index is 5010. The number of aromatic nitrogens is 4. The molecule has 76 heavy (non-hydrogen) atoms. The molecule has 0 atom stereocenters. The highest BCUT2D eigenvalue weighted by Gasteiger charge is 2.36. The second-order valence-electron chi connectivity index (χ2n) is 20.8. The molecule has 0 radical (unpaired) electrons. The van der Waals surface area contributed by atoms with Gasteiger partial charge in [-0.1, -0.05) is 159 Å². The van der Waals surface area contributed by atoms with Crippen LogP contribution >= 0.6 is 23.5 Å². The predicted octanol–water partition coefficient (Wildman–Crippen LogP) is 19.1. The molecule has 15 aromatic rings. The topological polar surface area (TPSA) is 28.9 Å². The minimum atomic E-state index is -0.228.